The summed E-state index contributed by atoms with van der Waals surface area (Å²) in [5, 5.41) is 0. The lowest BCUT2D eigenvalue weighted by molar-refractivity contribution is 0.242. The third-order valence-corrected chi connectivity index (χ3v) is 3.77. The van der Waals surface area contributed by atoms with Crippen LogP contribution in [0.1, 0.15) is 18.9 Å². The van der Waals surface area contributed by atoms with E-state index in [9.17, 15) is 4.39 Å². The van der Waals surface area contributed by atoms with Gasteiger partial charge in [-0.25, -0.2) is 4.39 Å². The minimum atomic E-state index is -0.174. The summed E-state index contributed by atoms with van der Waals surface area (Å²) in [6.45, 7) is 4.22. The van der Waals surface area contributed by atoms with Crippen LogP contribution in [-0.4, -0.2) is 23.4 Å². The van der Waals surface area contributed by atoms with Gasteiger partial charge in [0.2, 0.25) is 0 Å². The first-order valence-corrected chi connectivity index (χ1v) is 6.28. The number of alkyl halides is 1. The first-order valence-electron chi connectivity index (χ1n) is 5.75. The summed E-state index contributed by atoms with van der Waals surface area (Å²) in [5.41, 5.74) is 1.16. The van der Waals surface area contributed by atoms with Crippen LogP contribution in [-0.2, 0) is 6.54 Å². The third kappa shape index (κ3) is 2.55. The molecule has 0 bridgehead atoms. The second-order valence-corrected chi connectivity index (χ2v) is 4.89. The molecular formula is C13H17ClFN. The molecule has 0 spiro atoms. The molecule has 1 nitrogen and oxygen atoms in total. The van der Waals surface area contributed by atoms with E-state index in [1.165, 1.54) is 18.6 Å². The second-order valence-electron chi connectivity index (χ2n) is 4.58. The first kappa shape index (κ1) is 11.9. The van der Waals surface area contributed by atoms with Gasteiger partial charge >= 0.3 is 0 Å². The van der Waals surface area contributed by atoms with E-state index < -0.39 is 0 Å². The van der Waals surface area contributed by atoms with E-state index in [-0.39, 0.29) is 5.82 Å². The minimum absolute atomic E-state index is 0.174. The summed E-state index contributed by atoms with van der Waals surface area (Å²) in [4.78, 5) is 2.39. The van der Waals surface area contributed by atoms with Crippen molar-refractivity contribution >= 4 is 11.6 Å². The van der Waals surface area contributed by atoms with Crippen molar-refractivity contribution in [2.24, 2.45) is 5.92 Å². The van der Waals surface area contributed by atoms with Crippen molar-refractivity contribution in [1.82, 2.24) is 4.90 Å². The van der Waals surface area contributed by atoms with Crippen molar-refractivity contribution in [3.05, 3.63) is 35.6 Å². The molecule has 2 unspecified atom stereocenters. The Morgan fingerprint density at radius 2 is 2.06 bits per heavy atom. The fourth-order valence-electron chi connectivity index (χ4n) is 2.36. The van der Waals surface area contributed by atoms with E-state index in [2.05, 4.69) is 11.8 Å². The third-order valence-electron chi connectivity index (χ3n) is 3.45. The molecule has 2 atom stereocenters. The van der Waals surface area contributed by atoms with Crippen molar-refractivity contribution < 1.29 is 4.39 Å². The first-order chi connectivity index (χ1) is 7.70. The van der Waals surface area contributed by atoms with Crippen LogP contribution in [0.3, 0.4) is 0 Å². The fourth-order valence-corrected chi connectivity index (χ4v) is 2.86. The molecule has 1 aromatic rings. The Morgan fingerprint density at radius 1 is 1.38 bits per heavy atom. The van der Waals surface area contributed by atoms with E-state index in [0.717, 1.165) is 18.7 Å². The normalized spacial score (nSPS) is 26.2. The molecule has 88 valence electrons. The van der Waals surface area contributed by atoms with Gasteiger partial charge in [0.15, 0.2) is 0 Å². The molecule has 0 aliphatic carbocycles. The Kier molecular flexibility index (Phi) is 3.82. The molecule has 0 aromatic heterocycles. The molecule has 0 radical (unpaired) electrons. The maximum atomic E-state index is 12.8. The van der Waals surface area contributed by atoms with Gasteiger partial charge in [-0.2, -0.15) is 0 Å². The average Bonchev–Trinajstić information content (AvgIpc) is 2.63. The van der Waals surface area contributed by atoms with Crippen LogP contribution >= 0.6 is 11.6 Å². The fraction of sp³-hybridized carbons (Fsp3) is 0.538. The second kappa shape index (κ2) is 5.15. The monoisotopic (exact) mass is 241 g/mol. The highest BCUT2D eigenvalue weighted by Crippen LogP contribution is 2.26. The molecule has 0 N–H and O–H groups in total. The zero-order chi connectivity index (χ0) is 11.5. The van der Waals surface area contributed by atoms with Crippen LogP contribution in [0.15, 0.2) is 24.3 Å². The molecule has 1 aromatic carbocycles. The minimum Gasteiger partial charge on any atom is -0.295 e. The molecule has 1 heterocycles. The van der Waals surface area contributed by atoms with Gasteiger partial charge in [0.25, 0.3) is 0 Å². The van der Waals surface area contributed by atoms with Gasteiger partial charge in [-0.15, -0.1) is 11.6 Å². The molecule has 1 fully saturated rings. The van der Waals surface area contributed by atoms with Gasteiger partial charge in [-0.1, -0.05) is 19.1 Å². The van der Waals surface area contributed by atoms with Crippen LogP contribution in [0.2, 0.25) is 0 Å². The van der Waals surface area contributed by atoms with Gasteiger partial charge < -0.3 is 0 Å². The van der Waals surface area contributed by atoms with Gasteiger partial charge in [-0.05, 0) is 36.6 Å². The number of hydrogen-bond donors (Lipinski definition) is 0. The Hall–Kier alpha value is -0.600. The summed E-state index contributed by atoms with van der Waals surface area (Å²) in [6, 6.07) is 7.20. The number of halogens is 2. The number of rotatable bonds is 3. The molecular weight excluding hydrogens is 225 g/mol. The Balaban J connectivity index is 2.01. The standard InChI is InChI=1S/C13H17ClFN/c1-10-6-7-16(13(10)8-14)9-11-2-4-12(15)5-3-11/h2-5,10,13H,6-9H2,1H3. The van der Waals surface area contributed by atoms with Crippen LogP contribution in [0, 0.1) is 11.7 Å². The SMILES string of the molecule is CC1CCN(Cc2ccc(F)cc2)C1CCl. The summed E-state index contributed by atoms with van der Waals surface area (Å²) >= 11 is 5.99. The predicted octanol–water partition coefficient (Wildman–Crippen LogP) is 3.27. The van der Waals surface area contributed by atoms with Crippen LogP contribution in [0.4, 0.5) is 4.39 Å². The lowest BCUT2D eigenvalue weighted by atomic mass is 10.0. The highest BCUT2D eigenvalue weighted by atomic mass is 35.5. The van der Waals surface area contributed by atoms with Crippen molar-refractivity contribution in [3.63, 3.8) is 0 Å². The van der Waals surface area contributed by atoms with Crippen LogP contribution < -0.4 is 0 Å². The van der Waals surface area contributed by atoms with Crippen molar-refractivity contribution in [1.29, 1.82) is 0 Å². The van der Waals surface area contributed by atoms with Crippen molar-refractivity contribution in [2.75, 3.05) is 12.4 Å². The summed E-state index contributed by atoms with van der Waals surface area (Å²) in [7, 11) is 0. The van der Waals surface area contributed by atoms with E-state index in [1.54, 1.807) is 0 Å². The van der Waals surface area contributed by atoms with Gasteiger partial charge in [0.1, 0.15) is 5.82 Å². The van der Waals surface area contributed by atoms with Gasteiger partial charge in [0, 0.05) is 18.5 Å². The average molecular weight is 242 g/mol. The predicted molar refractivity (Wildman–Crippen MR) is 65.1 cm³/mol. The largest absolute Gasteiger partial charge is 0.295 e. The molecule has 1 saturated heterocycles. The topological polar surface area (TPSA) is 3.24 Å². The summed E-state index contributed by atoms with van der Waals surface area (Å²) in [5.74, 6) is 1.17. The van der Waals surface area contributed by atoms with E-state index >= 15 is 0 Å². The van der Waals surface area contributed by atoms with Crippen molar-refractivity contribution in [2.45, 2.75) is 25.9 Å². The number of nitrogens with zero attached hydrogens (tertiary/aromatic N) is 1. The Bertz CT molecular complexity index is 338. The molecule has 2 rings (SSSR count). The molecule has 3 heteroatoms. The zero-order valence-electron chi connectivity index (χ0n) is 9.50. The summed E-state index contributed by atoms with van der Waals surface area (Å²) in [6.07, 6.45) is 1.21. The van der Waals surface area contributed by atoms with Gasteiger partial charge in [-0.3, -0.25) is 4.90 Å². The molecule has 16 heavy (non-hydrogen) atoms. The molecule has 0 saturated carbocycles. The number of likely N-dealkylation sites (tertiary alicyclic amines) is 1. The highest BCUT2D eigenvalue weighted by molar-refractivity contribution is 6.18. The smallest absolute Gasteiger partial charge is 0.123 e. The highest BCUT2D eigenvalue weighted by Gasteiger charge is 2.29. The molecule has 0 amide bonds. The lowest BCUT2D eigenvalue weighted by Crippen LogP contribution is -2.33. The van der Waals surface area contributed by atoms with Gasteiger partial charge in [0.05, 0.1) is 0 Å². The maximum Gasteiger partial charge on any atom is 0.123 e. The van der Waals surface area contributed by atoms with E-state index in [4.69, 9.17) is 11.6 Å². The quantitative estimate of drug-likeness (QED) is 0.735. The van der Waals surface area contributed by atoms with Crippen LogP contribution in [0.5, 0.6) is 0 Å². The van der Waals surface area contributed by atoms with Crippen molar-refractivity contribution in [3.8, 4) is 0 Å². The Morgan fingerprint density at radius 3 is 2.69 bits per heavy atom. The van der Waals surface area contributed by atoms with E-state index in [0.29, 0.717) is 17.8 Å². The Labute approximate surface area is 101 Å². The number of hydrogen-bond acceptors (Lipinski definition) is 1. The summed E-state index contributed by atoms with van der Waals surface area (Å²) < 4.78 is 12.8. The molecule has 1 aliphatic heterocycles. The van der Waals surface area contributed by atoms with Crippen LogP contribution in [0.25, 0.3) is 0 Å². The lowest BCUT2D eigenvalue weighted by Gasteiger charge is -2.24. The number of benzene rings is 1. The molecule has 1 aliphatic rings. The maximum absolute atomic E-state index is 12.8. The zero-order valence-corrected chi connectivity index (χ0v) is 10.3. The van der Waals surface area contributed by atoms with E-state index in [1.807, 2.05) is 12.1 Å².